The number of carbonyl (C=O) groups is 1. The largest absolute Gasteiger partial charge is 0.467 e. The number of furan rings is 1. The number of hydrogen-bond donors (Lipinski definition) is 2. The number of nitrogens with zero attached hydrogens (tertiary/aromatic N) is 1. The molecular weight excluding hydrogens is 299 g/mol. The Labute approximate surface area is 126 Å². The first kappa shape index (κ1) is 16.7. The van der Waals surface area contributed by atoms with E-state index in [-0.39, 0.29) is 11.9 Å². The van der Waals surface area contributed by atoms with Crippen LogP contribution in [0.5, 0.6) is 0 Å². The molecule has 1 saturated heterocycles. The molecule has 0 unspecified atom stereocenters. The van der Waals surface area contributed by atoms with Crippen LogP contribution in [0.1, 0.15) is 18.6 Å². The summed E-state index contributed by atoms with van der Waals surface area (Å²) in [6, 6.07) is 3.20. The van der Waals surface area contributed by atoms with E-state index in [0.717, 1.165) is 0 Å². The van der Waals surface area contributed by atoms with E-state index in [9.17, 15) is 18.0 Å². The van der Waals surface area contributed by atoms with Crippen molar-refractivity contribution < 1.29 is 22.4 Å². The Balaban J connectivity index is 1.59. The summed E-state index contributed by atoms with van der Waals surface area (Å²) in [5.74, 6) is 0.884. The van der Waals surface area contributed by atoms with Gasteiger partial charge in [0.2, 0.25) is 0 Å². The molecule has 1 aliphatic rings. The molecule has 124 valence electrons. The summed E-state index contributed by atoms with van der Waals surface area (Å²) < 4.78 is 41.9. The Morgan fingerprint density at radius 2 is 2.05 bits per heavy atom. The second-order valence-corrected chi connectivity index (χ2v) is 5.48. The third kappa shape index (κ3) is 5.97. The van der Waals surface area contributed by atoms with Gasteiger partial charge in [-0.15, -0.1) is 0 Å². The zero-order valence-corrected chi connectivity index (χ0v) is 12.2. The van der Waals surface area contributed by atoms with Crippen LogP contribution in [0.25, 0.3) is 0 Å². The fourth-order valence-corrected chi connectivity index (χ4v) is 2.48. The molecule has 1 fully saturated rings. The van der Waals surface area contributed by atoms with Gasteiger partial charge < -0.3 is 15.1 Å². The van der Waals surface area contributed by atoms with E-state index < -0.39 is 12.7 Å². The predicted molar refractivity (Wildman–Crippen MR) is 74.2 cm³/mol. The van der Waals surface area contributed by atoms with Crippen LogP contribution in [0.2, 0.25) is 0 Å². The van der Waals surface area contributed by atoms with Crippen LogP contribution >= 0.6 is 0 Å². The number of alkyl halides is 3. The Bertz CT molecular complexity index is 454. The van der Waals surface area contributed by atoms with Crippen LogP contribution in [0, 0.1) is 5.92 Å². The highest BCUT2D eigenvalue weighted by Gasteiger charge is 2.32. The van der Waals surface area contributed by atoms with Crippen LogP contribution in [-0.4, -0.2) is 43.3 Å². The summed E-state index contributed by atoms with van der Waals surface area (Å²) in [5, 5.41) is 5.41. The van der Waals surface area contributed by atoms with Gasteiger partial charge in [-0.2, -0.15) is 13.2 Å². The fraction of sp³-hybridized carbons (Fsp3) is 0.643. The van der Waals surface area contributed by atoms with Crippen molar-refractivity contribution in [1.82, 2.24) is 15.5 Å². The van der Waals surface area contributed by atoms with E-state index in [2.05, 4.69) is 10.6 Å². The number of carbonyl (C=O) groups excluding carboxylic acids is 1. The highest BCUT2D eigenvalue weighted by atomic mass is 19.4. The minimum atomic E-state index is -4.14. The summed E-state index contributed by atoms with van der Waals surface area (Å²) in [6.45, 7) is 0.767. The Morgan fingerprint density at radius 3 is 2.64 bits per heavy atom. The van der Waals surface area contributed by atoms with E-state index in [1.807, 2.05) is 0 Å². The van der Waals surface area contributed by atoms with Crippen molar-refractivity contribution in [2.24, 2.45) is 5.92 Å². The lowest BCUT2D eigenvalue weighted by Gasteiger charge is -2.32. The zero-order valence-electron chi connectivity index (χ0n) is 12.2. The number of rotatable bonds is 5. The molecule has 22 heavy (non-hydrogen) atoms. The SMILES string of the molecule is O=C(NCc1ccco1)NCC1CCN(CC(F)(F)F)CC1. The van der Waals surface area contributed by atoms with Crippen molar-refractivity contribution in [3.63, 3.8) is 0 Å². The van der Waals surface area contributed by atoms with E-state index >= 15 is 0 Å². The van der Waals surface area contributed by atoms with Crippen molar-refractivity contribution in [2.75, 3.05) is 26.2 Å². The van der Waals surface area contributed by atoms with Crippen molar-refractivity contribution in [3.8, 4) is 0 Å². The van der Waals surface area contributed by atoms with Crippen molar-refractivity contribution in [1.29, 1.82) is 0 Å². The Kier molecular flexibility index (Phi) is 5.70. The number of amides is 2. The summed E-state index contributed by atoms with van der Waals surface area (Å²) >= 11 is 0. The van der Waals surface area contributed by atoms with Gasteiger partial charge in [0.15, 0.2) is 0 Å². The highest BCUT2D eigenvalue weighted by Crippen LogP contribution is 2.22. The van der Waals surface area contributed by atoms with Gasteiger partial charge in [0.05, 0.1) is 19.4 Å². The molecule has 0 aliphatic carbocycles. The molecule has 1 aromatic heterocycles. The molecule has 2 rings (SSSR count). The van der Waals surface area contributed by atoms with Gasteiger partial charge in [0.1, 0.15) is 5.76 Å². The molecule has 0 spiro atoms. The normalized spacial score (nSPS) is 17.4. The van der Waals surface area contributed by atoms with Crippen LogP contribution < -0.4 is 10.6 Å². The molecule has 8 heteroatoms. The maximum absolute atomic E-state index is 12.3. The lowest BCUT2D eigenvalue weighted by Crippen LogP contribution is -2.44. The lowest BCUT2D eigenvalue weighted by molar-refractivity contribution is -0.148. The topological polar surface area (TPSA) is 57.5 Å². The third-order valence-corrected chi connectivity index (χ3v) is 3.66. The maximum Gasteiger partial charge on any atom is 0.401 e. The predicted octanol–water partition coefficient (Wildman–Crippen LogP) is 2.35. The molecule has 2 heterocycles. The van der Waals surface area contributed by atoms with E-state index in [0.29, 0.717) is 44.8 Å². The molecule has 1 aliphatic heterocycles. The molecule has 0 aromatic carbocycles. The number of likely N-dealkylation sites (tertiary alicyclic amines) is 1. The number of hydrogen-bond acceptors (Lipinski definition) is 3. The van der Waals surface area contributed by atoms with Crippen LogP contribution in [0.4, 0.5) is 18.0 Å². The second kappa shape index (κ2) is 7.53. The van der Waals surface area contributed by atoms with E-state index in [1.165, 1.54) is 11.2 Å². The van der Waals surface area contributed by atoms with Crippen LogP contribution in [0.3, 0.4) is 0 Å². The van der Waals surface area contributed by atoms with Gasteiger partial charge in [-0.3, -0.25) is 4.90 Å². The maximum atomic E-state index is 12.3. The molecule has 5 nitrogen and oxygen atoms in total. The summed E-state index contributed by atoms with van der Waals surface area (Å²) in [6.07, 6.45) is -1.29. The van der Waals surface area contributed by atoms with Gasteiger partial charge >= 0.3 is 12.2 Å². The van der Waals surface area contributed by atoms with Gasteiger partial charge in [-0.25, -0.2) is 4.79 Å². The Morgan fingerprint density at radius 1 is 1.32 bits per heavy atom. The number of piperidine rings is 1. The van der Waals surface area contributed by atoms with Crippen LogP contribution in [-0.2, 0) is 6.54 Å². The standard InChI is InChI=1S/C14H20F3N3O2/c15-14(16,17)10-20-5-3-11(4-6-20)8-18-13(21)19-9-12-2-1-7-22-12/h1-2,7,11H,3-6,8-10H2,(H2,18,19,21). The fourth-order valence-electron chi connectivity index (χ4n) is 2.48. The first-order valence-electron chi connectivity index (χ1n) is 7.25. The molecule has 0 radical (unpaired) electrons. The number of urea groups is 1. The molecule has 0 atom stereocenters. The second-order valence-electron chi connectivity index (χ2n) is 5.48. The van der Waals surface area contributed by atoms with Crippen LogP contribution in [0.15, 0.2) is 22.8 Å². The van der Waals surface area contributed by atoms with Gasteiger partial charge in [0.25, 0.3) is 0 Å². The number of halogens is 3. The molecule has 2 N–H and O–H groups in total. The molecule has 1 aromatic rings. The first-order chi connectivity index (χ1) is 10.4. The zero-order chi connectivity index (χ0) is 16.0. The minimum Gasteiger partial charge on any atom is -0.467 e. The molecule has 0 saturated carbocycles. The lowest BCUT2D eigenvalue weighted by atomic mass is 9.97. The average Bonchev–Trinajstić information content (AvgIpc) is 2.96. The summed E-state index contributed by atoms with van der Waals surface area (Å²) in [7, 11) is 0. The van der Waals surface area contributed by atoms with E-state index in [4.69, 9.17) is 4.42 Å². The number of nitrogens with one attached hydrogen (secondary N) is 2. The van der Waals surface area contributed by atoms with Crippen molar-refractivity contribution in [3.05, 3.63) is 24.2 Å². The van der Waals surface area contributed by atoms with Gasteiger partial charge in [-0.05, 0) is 44.0 Å². The molecule has 2 amide bonds. The average molecular weight is 319 g/mol. The minimum absolute atomic E-state index is 0.221. The van der Waals surface area contributed by atoms with Gasteiger partial charge in [0, 0.05) is 6.54 Å². The first-order valence-corrected chi connectivity index (χ1v) is 7.25. The van der Waals surface area contributed by atoms with Gasteiger partial charge in [-0.1, -0.05) is 0 Å². The smallest absolute Gasteiger partial charge is 0.401 e. The summed E-state index contributed by atoms with van der Waals surface area (Å²) in [4.78, 5) is 13.0. The van der Waals surface area contributed by atoms with Crippen molar-refractivity contribution >= 4 is 6.03 Å². The quantitative estimate of drug-likeness (QED) is 0.876. The third-order valence-electron chi connectivity index (χ3n) is 3.66. The monoisotopic (exact) mass is 319 g/mol. The molecule has 0 bridgehead atoms. The van der Waals surface area contributed by atoms with E-state index in [1.54, 1.807) is 12.1 Å². The molecular formula is C14H20F3N3O2. The van der Waals surface area contributed by atoms with Crippen molar-refractivity contribution in [2.45, 2.75) is 25.6 Å². The summed E-state index contributed by atoms with van der Waals surface area (Å²) in [5.41, 5.74) is 0. The Hall–Kier alpha value is -1.70. The highest BCUT2D eigenvalue weighted by molar-refractivity contribution is 5.73.